The highest BCUT2D eigenvalue weighted by Gasteiger charge is 2.08. The highest BCUT2D eigenvalue weighted by atomic mass is 16.7. The van der Waals surface area contributed by atoms with Crippen LogP contribution in [0.5, 0.6) is 0 Å². The number of hydrogen-bond donors (Lipinski definition) is 2. The van der Waals surface area contributed by atoms with Crippen molar-refractivity contribution in [3.8, 4) is 11.8 Å². The molecule has 0 heterocycles. The number of benzene rings is 2. The van der Waals surface area contributed by atoms with Crippen LogP contribution in [0.1, 0.15) is 47.7 Å². The van der Waals surface area contributed by atoms with Crippen LogP contribution in [0, 0.1) is 11.8 Å². The molecule has 0 saturated heterocycles. The van der Waals surface area contributed by atoms with Gasteiger partial charge in [-0.1, -0.05) is 54.6 Å². The summed E-state index contributed by atoms with van der Waals surface area (Å²) in [6.07, 6.45) is 2.19. The van der Waals surface area contributed by atoms with Crippen molar-refractivity contribution in [2.75, 3.05) is 0 Å². The lowest BCUT2D eigenvalue weighted by atomic mass is 10.1. The Hall–Kier alpha value is -3.26. The third-order valence-corrected chi connectivity index (χ3v) is 3.37. The molecule has 0 bridgehead atoms. The molecule has 5 nitrogen and oxygen atoms in total. The van der Waals surface area contributed by atoms with Gasteiger partial charge in [0.25, 0.3) is 11.8 Å². The molecule has 0 aliphatic carbocycles. The van der Waals surface area contributed by atoms with Crippen molar-refractivity contribution in [1.29, 1.82) is 0 Å². The van der Waals surface area contributed by atoms with Crippen LogP contribution in [0.2, 0.25) is 0 Å². The monoisotopic (exact) mass is 336 g/mol. The quantitative estimate of drug-likeness (QED) is 0.294. The van der Waals surface area contributed by atoms with Gasteiger partial charge in [0, 0.05) is 23.1 Å². The highest BCUT2D eigenvalue weighted by molar-refractivity contribution is 5.94. The van der Waals surface area contributed by atoms with E-state index >= 15 is 0 Å². The van der Waals surface area contributed by atoms with E-state index in [4.69, 9.17) is 10.0 Å². The first-order valence-corrected chi connectivity index (χ1v) is 8.08. The van der Waals surface area contributed by atoms with Gasteiger partial charge in [0.2, 0.25) is 0 Å². The standard InChI is InChI=1S/C20H20N2O3/c1-2-3-12-19(21-24)25-22-20(23)18-11-7-10-17(15-18)14-13-16-8-5-4-6-9-16/h4-11,15,24H,2-3,12H2,1H3,(H,22,23)/b21-19-. The van der Waals surface area contributed by atoms with E-state index in [2.05, 4.69) is 22.5 Å². The van der Waals surface area contributed by atoms with Crippen molar-refractivity contribution in [3.63, 3.8) is 0 Å². The molecule has 5 heteroatoms. The molecule has 0 atom stereocenters. The molecule has 0 spiro atoms. The average molecular weight is 336 g/mol. The molecule has 0 aliphatic rings. The van der Waals surface area contributed by atoms with Crippen LogP contribution in [-0.4, -0.2) is 17.0 Å². The first kappa shape index (κ1) is 18.1. The lowest BCUT2D eigenvalue weighted by Gasteiger charge is -2.08. The number of nitrogens with one attached hydrogen (secondary N) is 1. The maximum Gasteiger partial charge on any atom is 0.283 e. The number of unbranched alkanes of at least 4 members (excludes halogenated alkanes) is 1. The van der Waals surface area contributed by atoms with E-state index in [1.165, 1.54) is 0 Å². The minimum atomic E-state index is -0.430. The lowest BCUT2D eigenvalue weighted by molar-refractivity contribution is 0.0715. The van der Waals surface area contributed by atoms with Gasteiger partial charge in [-0.25, -0.2) is 0 Å². The predicted octanol–water partition coefficient (Wildman–Crippen LogP) is 3.73. The van der Waals surface area contributed by atoms with Gasteiger partial charge >= 0.3 is 0 Å². The molecule has 2 aromatic carbocycles. The smallest absolute Gasteiger partial charge is 0.283 e. The molecule has 25 heavy (non-hydrogen) atoms. The summed E-state index contributed by atoms with van der Waals surface area (Å²) in [5.41, 5.74) is 4.32. The summed E-state index contributed by atoms with van der Waals surface area (Å²) in [7, 11) is 0. The SMILES string of the molecule is CCCC/C(=N/O)ONC(=O)c1cccc(C#Cc2ccccc2)c1. The third-order valence-electron chi connectivity index (χ3n) is 3.37. The number of carbonyl (C=O) groups excluding carboxylic acids is 1. The van der Waals surface area contributed by atoms with Crippen molar-refractivity contribution >= 4 is 11.8 Å². The number of hydrogen-bond acceptors (Lipinski definition) is 4. The summed E-state index contributed by atoms with van der Waals surface area (Å²) in [6, 6.07) is 16.5. The summed E-state index contributed by atoms with van der Waals surface area (Å²) < 4.78 is 0. The van der Waals surface area contributed by atoms with Gasteiger partial charge in [0.05, 0.1) is 0 Å². The number of amides is 1. The number of nitrogens with zero attached hydrogens (tertiary/aromatic N) is 1. The van der Waals surface area contributed by atoms with Gasteiger partial charge in [-0.05, 0) is 36.8 Å². The molecule has 0 unspecified atom stereocenters. The second-order valence-electron chi connectivity index (χ2n) is 5.33. The summed E-state index contributed by atoms with van der Waals surface area (Å²) in [5, 5.41) is 11.9. The summed E-state index contributed by atoms with van der Waals surface area (Å²) in [6.45, 7) is 2.01. The maximum atomic E-state index is 12.1. The van der Waals surface area contributed by atoms with Crippen LogP contribution < -0.4 is 5.48 Å². The van der Waals surface area contributed by atoms with Gasteiger partial charge in [-0.2, -0.15) is 5.48 Å². The summed E-state index contributed by atoms with van der Waals surface area (Å²) in [5.74, 6) is 5.72. The van der Waals surface area contributed by atoms with Crippen molar-refractivity contribution < 1.29 is 14.8 Å². The molecular weight excluding hydrogens is 316 g/mol. The summed E-state index contributed by atoms with van der Waals surface area (Å²) in [4.78, 5) is 17.2. The van der Waals surface area contributed by atoms with E-state index in [1.54, 1.807) is 18.2 Å². The molecule has 0 aliphatic heterocycles. The fourth-order valence-electron chi connectivity index (χ4n) is 2.02. The van der Waals surface area contributed by atoms with Crippen LogP contribution in [0.4, 0.5) is 0 Å². The van der Waals surface area contributed by atoms with E-state index in [-0.39, 0.29) is 5.90 Å². The Morgan fingerprint density at radius 3 is 2.56 bits per heavy atom. The summed E-state index contributed by atoms with van der Waals surface area (Å²) >= 11 is 0. The highest BCUT2D eigenvalue weighted by Crippen LogP contribution is 2.06. The fourth-order valence-corrected chi connectivity index (χ4v) is 2.02. The first-order chi connectivity index (χ1) is 12.2. The largest absolute Gasteiger partial charge is 0.408 e. The molecule has 2 N–H and O–H groups in total. The topological polar surface area (TPSA) is 70.9 Å². The van der Waals surface area contributed by atoms with Crippen molar-refractivity contribution in [2.45, 2.75) is 26.2 Å². The molecular formula is C20H20N2O3. The van der Waals surface area contributed by atoms with Crippen molar-refractivity contribution in [1.82, 2.24) is 5.48 Å². The molecule has 0 aromatic heterocycles. The zero-order valence-corrected chi connectivity index (χ0v) is 14.0. The van der Waals surface area contributed by atoms with Crippen LogP contribution >= 0.6 is 0 Å². The molecule has 0 radical (unpaired) electrons. The molecule has 2 rings (SSSR count). The molecule has 0 fully saturated rings. The number of oxime groups is 1. The average Bonchev–Trinajstić information content (AvgIpc) is 2.67. The van der Waals surface area contributed by atoms with E-state index < -0.39 is 5.91 Å². The normalized spacial score (nSPS) is 10.5. The van der Waals surface area contributed by atoms with Gasteiger partial charge in [-0.15, -0.1) is 0 Å². The second-order valence-corrected chi connectivity index (χ2v) is 5.33. The predicted molar refractivity (Wildman–Crippen MR) is 96.2 cm³/mol. The molecule has 1 amide bonds. The van der Waals surface area contributed by atoms with Crippen molar-refractivity contribution in [3.05, 3.63) is 71.3 Å². The van der Waals surface area contributed by atoms with E-state index in [0.29, 0.717) is 12.0 Å². The van der Waals surface area contributed by atoms with Gasteiger partial charge in [-0.3, -0.25) is 4.79 Å². The zero-order valence-electron chi connectivity index (χ0n) is 14.0. The Morgan fingerprint density at radius 1 is 1.12 bits per heavy atom. The molecule has 2 aromatic rings. The Balaban J connectivity index is 2.01. The number of rotatable bonds is 4. The Bertz CT molecular complexity index is 789. The Morgan fingerprint density at radius 2 is 1.84 bits per heavy atom. The third kappa shape index (κ3) is 6.04. The number of carbonyl (C=O) groups is 1. The van der Waals surface area contributed by atoms with Gasteiger partial charge in [0.15, 0.2) is 0 Å². The van der Waals surface area contributed by atoms with Gasteiger partial charge in [0.1, 0.15) is 0 Å². The van der Waals surface area contributed by atoms with Crippen molar-refractivity contribution in [2.24, 2.45) is 5.16 Å². The van der Waals surface area contributed by atoms with Crippen LogP contribution in [0.3, 0.4) is 0 Å². The minimum Gasteiger partial charge on any atom is -0.408 e. The Labute approximate surface area is 147 Å². The van der Waals surface area contributed by atoms with Crippen LogP contribution in [0.15, 0.2) is 59.8 Å². The zero-order chi connectivity index (χ0) is 17.9. The Kier molecular flexibility index (Phi) is 7.08. The maximum absolute atomic E-state index is 12.1. The van der Waals surface area contributed by atoms with E-state index in [9.17, 15) is 4.79 Å². The van der Waals surface area contributed by atoms with E-state index in [0.717, 1.165) is 24.0 Å². The lowest BCUT2D eigenvalue weighted by Crippen LogP contribution is -2.27. The second kappa shape index (κ2) is 9.78. The minimum absolute atomic E-state index is 0.0789. The fraction of sp³-hybridized carbons (Fsp3) is 0.200. The van der Waals surface area contributed by atoms with Crippen LogP contribution in [-0.2, 0) is 4.84 Å². The van der Waals surface area contributed by atoms with Crippen LogP contribution in [0.25, 0.3) is 0 Å². The van der Waals surface area contributed by atoms with Gasteiger partial charge < -0.3 is 10.0 Å². The first-order valence-electron chi connectivity index (χ1n) is 8.08. The molecule has 128 valence electrons. The number of hydroxylamine groups is 1. The molecule has 0 saturated carbocycles. The van der Waals surface area contributed by atoms with E-state index in [1.807, 2.05) is 43.3 Å².